The molecule has 0 aliphatic carbocycles. The van der Waals surface area contributed by atoms with Gasteiger partial charge in [0.1, 0.15) is 5.82 Å². The van der Waals surface area contributed by atoms with Crippen LogP contribution in [0.4, 0.5) is 4.39 Å². The number of benzene rings is 1. The molecular formula is C11H13ClFN5. The lowest BCUT2D eigenvalue weighted by Crippen LogP contribution is -2.21. The van der Waals surface area contributed by atoms with Crippen molar-refractivity contribution < 1.29 is 4.39 Å². The third-order valence-electron chi connectivity index (χ3n) is 2.53. The van der Waals surface area contributed by atoms with E-state index in [1.807, 2.05) is 13.8 Å². The summed E-state index contributed by atoms with van der Waals surface area (Å²) in [5.74, 6) is 0.205. The summed E-state index contributed by atoms with van der Waals surface area (Å²) in [5, 5.41) is 15.0. The number of tetrazole rings is 1. The first-order valence-electron chi connectivity index (χ1n) is 5.60. The molecule has 96 valence electrons. The summed E-state index contributed by atoms with van der Waals surface area (Å²) >= 11 is 6.04. The molecule has 2 aromatic rings. The fraction of sp³-hybridized carbons (Fsp3) is 0.364. The van der Waals surface area contributed by atoms with Crippen LogP contribution in [0.2, 0.25) is 5.02 Å². The molecule has 1 unspecified atom stereocenters. The van der Waals surface area contributed by atoms with Crippen LogP contribution in [-0.4, -0.2) is 26.8 Å². The third-order valence-corrected chi connectivity index (χ3v) is 2.85. The van der Waals surface area contributed by atoms with Gasteiger partial charge in [0.15, 0.2) is 5.82 Å². The van der Waals surface area contributed by atoms with E-state index in [1.165, 1.54) is 22.9 Å². The molecule has 0 aliphatic rings. The average Bonchev–Trinajstić information content (AvgIpc) is 2.81. The molecule has 0 spiro atoms. The second kappa shape index (κ2) is 5.41. The highest BCUT2D eigenvalue weighted by Gasteiger charge is 2.17. The molecule has 0 amide bonds. The summed E-state index contributed by atoms with van der Waals surface area (Å²) in [4.78, 5) is 0. The predicted molar refractivity (Wildman–Crippen MR) is 66.2 cm³/mol. The Morgan fingerprint density at radius 3 is 3.00 bits per heavy atom. The summed E-state index contributed by atoms with van der Waals surface area (Å²) in [6, 6.07) is 4.03. The van der Waals surface area contributed by atoms with Crippen LogP contribution in [0.15, 0.2) is 18.2 Å². The number of nitrogens with one attached hydrogen (secondary N) is 1. The van der Waals surface area contributed by atoms with Gasteiger partial charge in [-0.1, -0.05) is 18.5 Å². The fourth-order valence-electron chi connectivity index (χ4n) is 1.68. The first-order chi connectivity index (χ1) is 8.63. The van der Waals surface area contributed by atoms with Gasteiger partial charge < -0.3 is 5.32 Å². The number of halogens is 2. The van der Waals surface area contributed by atoms with Crippen molar-refractivity contribution in [2.24, 2.45) is 0 Å². The minimum Gasteiger partial charge on any atom is -0.308 e. The van der Waals surface area contributed by atoms with Crippen molar-refractivity contribution in [1.82, 2.24) is 25.5 Å². The Bertz CT molecular complexity index is 542. The fourth-order valence-corrected chi connectivity index (χ4v) is 1.88. The first-order valence-corrected chi connectivity index (χ1v) is 5.98. The maximum absolute atomic E-state index is 13.3. The minimum absolute atomic E-state index is 0.0515. The van der Waals surface area contributed by atoms with Gasteiger partial charge in [-0.25, -0.2) is 4.39 Å². The molecule has 5 nitrogen and oxygen atoms in total. The van der Waals surface area contributed by atoms with Gasteiger partial charge in [0.25, 0.3) is 0 Å². The summed E-state index contributed by atoms with van der Waals surface area (Å²) in [7, 11) is 0. The zero-order valence-corrected chi connectivity index (χ0v) is 10.8. The van der Waals surface area contributed by atoms with Crippen molar-refractivity contribution >= 4 is 11.6 Å². The molecule has 1 atom stereocenters. The molecule has 1 aromatic carbocycles. The smallest absolute Gasteiger partial charge is 0.173 e. The number of nitrogens with zero attached hydrogens (tertiary/aromatic N) is 4. The van der Waals surface area contributed by atoms with Crippen molar-refractivity contribution in [3.63, 3.8) is 0 Å². The third kappa shape index (κ3) is 2.49. The summed E-state index contributed by atoms with van der Waals surface area (Å²) in [6.07, 6.45) is 0. The largest absolute Gasteiger partial charge is 0.308 e. The van der Waals surface area contributed by atoms with Crippen LogP contribution in [0.5, 0.6) is 0 Å². The minimum atomic E-state index is -0.382. The lowest BCUT2D eigenvalue weighted by atomic mass is 10.2. The second-order valence-electron chi connectivity index (χ2n) is 3.82. The summed E-state index contributed by atoms with van der Waals surface area (Å²) in [5.41, 5.74) is 0.432. The van der Waals surface area contributed by atoms with Crippen molar-refractivity contribution in [1.29, 1.82) is 0 Å². The quantitative estimate of drug-likeness (QED) is 0.924. The molecule has 0 fully saturated rings. The molecule has 7 heteroatoms. The van der Waals surface area contributed by atoms with Crippen molar-refractivity contribution in [3.05, 3.63) is 34.9 Å². The molecule has 0 aliphatic heterocycles. The van der Waals surface area contributed by atoms with E-state index in [2.05, 4.69) is 20.8 Å². The topological polar surface area (TPSA) is 55.6 Å². The molecule has 18 heavy (non-hydrogen) atoms. The maximum Gasteiger partial charge on any atom is 0.173 e. The first kappa shape index (κ1) is 12.9. The molecule has 1 heterocycles. The van der Waals surface area contributed by atoms with E-state index in [9.17, 15) is 4.39 Å². The van der Waals surface area contributed by atoms with Gasteiger partial charge in [-0.3, -0.25) is 0 Å². The molecule has 0 bridgehead atoms. The van der Waals surface area contributed by atoms with Crippen LogP contribution in [-0.2, 0) is 0 Å². The lowest BCUT2D eigenvalue weighted by Gasteiger charge is -2.12. The van der Waals surface area contributed by atoms with Crippen LogP contribution < -0.4 is 5.32 Å². The Balaban J connectivity index is 2.45. The Morgan fingerprint density at radius 2 is 2.28 bits per heavy atom. The van der Waals surface area contributed by atoms with Gasteiger partial charge in [-0.15, -0.1) is 5.10 Å². The highest BCUT2D eigenvalue weighted by Crippen LogP contribution is 2.23. The molecule has 1 N–H and O–H groups in total. The van der Waals surface area contributed by atoms with E-state index in [-0.39, 0.29) is 11.9 Å². The zero-order valence-electron chi connectivity index (χ0n) is 10.1. The number of hydrogen-bond donors (Lipinski definition) is 1. The molecule has 1 aromatic heterocycles. The van der Waals surface area contributed by atoms with E-state index in [0.29, 0.717) is 16.5 Å². The normalized spacial score (nSPS) is 12.7. The Labute approximate surface area is 109 Å². The Hall–Kier alpha value is -1.53. The molecule has 0 radical (unpaired) electrons. The highest BCUT2D eigenvalue weighted by atomic mass is 35.5. The SMILES string of the molecule is CCNC(C)c1nnnn1-c1cc(F)ccc1Cl. The Morgan fingerprint density at radius 1 is 1.50 bits per heavy atom. The van der Waals surface area contributed by atoms with Crippen molar-refractivity contribution in [2.45, 2.75) is 19.9 Å². The van der Waals surface area contributed by atoms with Gasteiger partial charge in [0.2, 0.25) is 0 Å². The van der Waals surface area contributed by atoms with Crippen LogP contribution in [0.3, 0.4) is 0 Å². The highest BCUT2D eigenvalue weighted by molar-refractivity contribution is 6.32. The lowest BCUT2D eigenvalue weighted by molar-refractivity contribution is 0.549. The van der Waals surface area contributed by atoms with E-state index < -0.39 is 0 Å². The van der Waals surface area contributed by atoms with E-state index in [4.69, 9.17) is 11.6 Å². The summed E-state index contributed by atoms with van der Waals surface area (Å²) in [6.45, 7) is 4.70. The monoisotopic (exact) mass is 269 g/mol. The van der Waals surface area contributed by atoms with Gasteiger partial charge in [-0.2, -0.15) is 4.68 Å². The number of aromatic nitrogens is 4. The standard InChI is InChI=1S/C11H13ClFN5/c1-3-14-7(2)11-15-16-17-18(11)10-6-8(13)4-5-9(10)12/h4-7,14H,3H2,1-2H3. The number of hydrogen-bond acceptors (Lipinski definition) is 4. The average molecular weight is 270 g/mol. The van der Waals surface area contributed by atoms with Crippen LogP contribution in [0.25, 0.3) is 5.69 Å². The zero-order chi connectivity index (χ0) is 13.1. The van der Waals surface area contributed by atoms with E-state index in [1.54, 1.807) is 0 Å². The maximum atomic E-state index is 13.3. The van der Waals surface area contributed by atoms with Gasteiger partial charge in [0, 0.05) is 6.07 Å². The van der Waals surface area contributed by atoms with Gasteiger partial charge in [0.05, 0.1) is 16.8 Å². The van der Waals surface area contributed by atoms with Crippen LogP contribution in [0.1, 0.15) is 25.7 Å². The van der Waals surface area contributed by atoms with E-state index in [0.717, 1.165) is 6.54 Å². The van der Waals surface area contributed by atoms with Crippen molar-refractivity contribution in [2.75, 3.05) is 6.54 Å². The molecule has 0 saturated carbocycles. The van der Waals surface area contributed by atoms with Gasteiger partial charge in [-0.05, 0) is 36.0 Å². The Kier molecular flexibility index (Phi) is 3.88. The summed E-state index contributed by atoms with van der Waals surface area (Å²) < 4.78 is 14.7. The molecular weight excluding hydrogens is 257 g/mol. The van der Waals surface area contributed by atoms with Crippen LogP contribution in [0, 0.1) is 5.82 Å². The van der Waals surface area contributed by atoms with Gasteiger partial charge >= 0.3 is 0 Å². The predicted octanol–water partition coefficient (Wildman–Crippen LogP) is 2.13. The van der Waals surface area contributed by atoms with Crippen molar-refractivity contribution in [3.8, 4) is 5.69 Å². The van der Waals surface area contributed by atoms with E-state index >= 15 is 0 Å². The number of rotatable bonds is 4. The molecule has 0 saturated heterocycles. The molecule has 2 rings (SSSR count). The second-order valence-corrected chi connectivity index (χ2v) is 4.23. The van der Waals surface area contributed by atoms with Crippen LogP contribution >= 0.6 is 11.6 Å².